The highest BCUT2D eigenvalue weighted by Crippen LogP contribution is 2.10. The normalized spacial score (nSPS) is 10.7. The largest absolute Gasteiger partial charge is 0.369 e. The van der Waals surface area contributed by atoms with Gasteiger partial charge >= 0.3 is 0 Å². The van der Waals surface area contributed by atoms with Crippen molar-refractivity contribution in [3.05, 3.63) is 34.9 Å². The third kappa shape index (κ3) is 3.95. The molecule has 0 saturated carbocycles. The molecule has 0 bridgehead atoms. The molecule has 13 heavy (non-hydrogen) atoms. The van der Waals surface area contributed by atoms with Crippen molar-refractivity contribution in [3.8, 4) is 0 Å². The fourth-order valence-electron chi connectivity index (χ4n) is 0.945. The first-order valence-electron chi connectivity index (χ1n) is 4.09. The molecule has 1 aromatic carbocycles. The molecular weight excluding hydrogens is 184 g/mol. The van der Waals surface area contributed by atoms with E-state index in [1.54, 1.807) is 6.34 Å². The molecule has 0 amide bonds. The van der Waals surface area contributed by atoms with Crippen molar-refractivity contribution in [2.75, 3.05) is 14.1 Å². The summed E-state index contributed by atoms with van der Waals surface area (Å²) in [6.45, 7) is 0.679. The van der Waals surface area contributed by atoms with E-state index in [0.717, 1.165) is 10.6 Å². The number of nitrogens with zero attached hydrogens (tertiary/aromatic N) is 2. The third-order valence-electron chi connectivity index (χ3n) is 1.48. The molecule has 0 aliphatic heterocycles. The standard InChI is InChI=1S/C10H13ClN2/c1-13(2)8-12-7-9-4-3-5-10(11)6-9/h3-6,8H,7H2,1-2H3. The molecule has 3 heteroatoms. The summed E-state index contributed by atoms with van der Waals surface area (Å²) in [5, 5.41) is 0.762. The van der Waals surface area contributed by atoms with Gasteiger partial charge in [0.25, 0.3) is 0 Å². The quantitative estimate of drug-likeness (QED) is 0.536. The van der Waals surface area contributed by atoms with Crippen LogP contribution in [0.4, 0.5) is 0 Å². The molecular formula is C10H13ClN2. The Hall–Kier alpha value is -1.02. The Balaban J connectivity index is 2.55. The molecule has 0 radical (unpaired) electrons. The van der Waals surface area contributed by atoms with Crippen molar-refractivity contribution >= 4 is 17.9 Å². The molecule has 0 fully saturated rings. The second-order valence-corrected chi connectivity index (χ2v) is 3.49. The van der Waals surface area contributed by atoms with Crippen molar-refractivity contribution in [1.82, 2.24) is 4.90 Å². The smallest absolute Gasteiger partial charge is 0.0848 e. The minimum absolute atomic E-state index is 0.679. The SMILES string of the molecule is CN(C)C=NCc1cccc(Cl)c1. The van der Waals surface area contributed by atoms with Crippen molar-refractivity contribution in [2.45, 2.75) is 6.54 Å². The zero-order chi connectivity index (χ0) is 9.68. The monoisotopic (exact) mass is 196 g/mol. The van der Waals surface area contributed by atoms with Gasteiger partial charge in [-0.2, -0.15) is 0 Å². The minimum Gasteiger partial charge on any atom is -0.369 e. The predicted octanol–water partition coefficient (Wildman–Crippen LogP) is 2.43. The highest BCUT2D eigenvalue weighted by atomic mass is 35.5. The van der Waals surface area contributed by atoms with Gasteiger partial charge in [-0.25, -0.2) is 0 Å². The number of halogens is 1. The molecule has 0 unspecified atom stereocenters. The van der Waals surface area contributed by atoms with Crippen LogP contribution < -0.4 is 0 Å². The summed E-state index contributed by atoms with van der Waals surface area (Å²) in [6, 6.07) is 7.73. The highest BCUT2D eigenvalue weighted by molar-refractivity contribution is 6.30. The fourth-order valence-corrected chi connectivity index (χ4v) is 1.16. The maximum absolute atomic E-state index is 5.82. The van der Waals surface area contributed by atoms with Gasteiger partial charge in [0.15, 0.2) is 0 Å². The Morgan fingerprint density at radius 1 is 1.46 bits per heavy atom. The van der Waals surface area contributed by atoms with Gasteiger partial charge in [0.2, 0.25) is 0 Å². The fraction of sp³-hybridized carbons (Fsp3) is 0.300. The Labute approximate surface area is 83.8 Å². The second kappa shape index (κ2) is 4.87. The van der Waals surface area contributed by atoms with Crippen LogP contribution in [0.15, 0.2) is 29.3 Å². The second-order valence-electron chi connectivity index (χ2n) is 3.05. The Kier molecular flexibility index (Phi) is 3.77. The lowest BCUT2D eigenvalue weighted by Crippen LogP contribution is -2.07. The van der Waals surface area contributed by atoms with E-state index in [4.69, 9.17) is 11.6 Å². The molecule has 0 N–H and O–H groups in total. The van der Waals surface area contributed by atoms with Gasteiger partial charge in [0, 0.05) is 19.1 Å². The first-order valence-corrected chi connectivity index (χ1v) is 4.47. The van der Waals surface area contributed by atoms with E-state index in [-0.39, 0.29) is 0 Å². The lowest BCUT2D eigenvalue weighted by Gasteiger charge is -2.02. The highest BCUT2D eigenvalue weighted by Gasteiger charge is 1.91. The molecule has 0 atom stereocenters. The Bertz CT molecular complexity index is 295. The number of rotatable bonds is 3. The Morgan fingerprint density at radius 3 is 2.85 bits per heavy atom. The zero-order valence-corrected chi connectivity index (χ0v) is 8.62. The molecule has 1 aromatic rings. The summed E-state index contributed by atoms with van der Waals surface area (Å²) in [4.78, 5) is 6.13. The maximum atomic E-state index is 5.82. The van der Waals surface area contributed by atoms with E-state index in [1.807, 2.05) is 43.3 Å². The van der Waals surface area contributed by atoms with Crippen LogP contribution in [0.25, 0.3) is 0 Å². The average Bonchev–Trinajstić information content (AvgIpc) is 2.03. The molecule has 0 aromatic heterocycles. The van der Waals surface area contributed by atoms with Gasteiger partial charge < -0.3 is 4.90 Å². The van der Waals surface area contributed by atoms with Crippen molar-refractivity contribution in [3.63, 3.8) is 0 Å². The number of hydrogen-bond acceptors (Lipinski definition) is 1. The van der Waals surface area contributed by atoms with Crippen LogP contribution in [0.3, 0.4) is 0 Å². The van der Waals surface area contributed by atoms with E-state index >= 15 is 0 Å². The maximum Gasteiger partial charge on any atom is 0.0848 e. The lowest BCUT2D eigenvalue weighted by molar-refractivity contribution is 0.638. The molecule has 0 aliphatic carbocycles. The Morgan fingerprint density at radius 2 is 2.23 bits per heavy atom. The zero-order valence-electron chi connectivity index (χ0n) is 7.87. The van der Waals surface area contributed by atoms with Crippen LogP contribution in [0.5, 0.6) is 0 Å². The molecule has 0 aliphatic rings. The first kappa shape index (κ1) is 10.1. The van der Waals surface area contributed by atoms with Crippen molar-refractivity contribution < 1.29 is 0 Å². The van der Waals surface area contributed by atoms with Crippen LogP contribution in [0.1, 0.15) is 5.56 Å². The van der Waals surface area contributed by atoms with Crippen LogP contribution in [-0.4, -0.2) is 25.3 Å². The van der Waals surface area contributed by atoms with Crippen LogP contribution in [-0.2, 0) is 6.54 Å². The summed E-state index contributed by atoms with van der Waals surface area (Å²) in [5.74, 6) is 0. The molecule has 0 saturated heterocycles. The van der Waals surface area contributed by atoms with Gasteiger partial charge in [-0.15, -0.1) is 0 Å². The lowest BCUT2D eigenvalue weighted by atomic mass is 10.2. The summed E-state index contributed by atoms with van der Waals surface area (Å²) in [6.07, 6.45) is 1.79. The molecule has 70 valence electrons. The summed E-state index contributed by atoms with van der Waals surface area (Å²) < 4.78 is 0. The summed E-state index contributed by atoms with van der Waals surface area (Å²) in [7, 11) is 3.89. The topological polar surface area (TPSA) is 15.6 Å². The average molecular weight is 197 g/mol. The van der Waals surface area contributed by atoms with E-state index in [0.29, 0.717) is 6.54 Å². The van der Waals surface area contributed by atoms with Crippen LogP contribution in [0.2, 0.25) is 5.02 Å². The predicted molar refractivity (Wildman–Crippen MR) is 57.3 cm³/mol. The van der Waals surface area contributed by atoms with E-state index in [1.165, 1.54) is 0 Å². The van der Waals surface area contributed by atoms with E-state index in [2.05, 4.69) is 4.99 Å². The molecule has 2 nitrogen and oxygen atoms in total. The number of hydrogen-bond donors (Lipinski definition) is 0. The van der Waals surface area contributed by atoms with Gasteiger partial charge in [0.05, 0.1) is 12.9 Å². The first-order chi connectivity index (χ1) is 6.18. The molecule has 0 heterocycles. The summed E-state index contributed by atoms with van der Waals surface area (Å²) in [5.41, 5.74) is 1.13. The van der Waals surface area contributed by atoms with Gasteiger partial charge in [0.1, 0.15) is 0 Å². The van der Waals surface area contributed by atoms with Crippen LogP contribution >= 0.6 is 11.6 Å². The minimum atomic E-state index is 0.679. The van der Waals surface area contributed by atoms with E-state index in [9.17, 15) is 0 Å². The number of benzene rings is 1. The van der Waals surface area contributed by atoms with Crippen molar-refractivity contribution in [1.29, 1.82) is 0 Å². The van der Waals surface area contributed by atoms with Crippen molar-refractivity contribution in [2.24, 2.45) is 4.99 Å². The molecule has 1 rings (SSSR count). The van der Waals surface area contributed by atoms with Crippen LogP contribution in [0, 0.1) is 0 Å². The third-order valence-corrected chi connectivity index (χ3v) is 1.71. The van der Waals surface area contributed by atoms with Gasteiger partial charge in [-0.1, -0.05) is 23.7 Å². The van der Waals surface area contributed by atoms with Gasteiger partial charge in [-0.05, 0) is 17.7 Å². The summed E-state index contributed by atoms with van der Waals surface area (Å²) >= 11 is 5.82. The van der Waals surface area contributed by atoms with Gasteiger partial charge in [-0.3, -0.25) is 4.99 Å². The molecule has 0 spiro atoms. The van der Waals surface area contributed by atoms with E-state index < -0.39 is 0 Å². The number of aliphatic imine (C=N–C) groups is 1.